The van der Waals surface area contributed by atoms with Crippen LogP contribution in [0.5, 0.6) is 0 Å². The molecule has 7 nitrogen and oxygen atoms in total. The van der Waals surface area contributed by atoms with E-state index in [1.807, 2.05) is 4.57 Å². The third-order valence-corrected chi connectivity index (χ3v) is 3.65. The Hall–Kier alpha value is -1.57. The predicted molar refractivity (Wildman–Crippen MR) is 68.7 cm³/mol. The molecule has 0 atom stereocenters. The molecule has 1 aromatic heterocycles. The summed E-state index contributed by atoms with van der Waals surface area (Å²) in [5, 5.41) is 11.3. The second-order valence-electron chi connectivity index (χ2n) is 4.22. The molecular formula is C11H16N4O3S. The Kier molecular flexibility index (Phi) is 4.78. The summed E-state index contributed by atoms with van der Waals surface area (Å²) in [6, 6.07) is 0.500. The van der Waals surface area contributed by atoms with Gasteiger partial charge in [0.05, 0.1) is 19.3 Å². The van der Waals surface area contributed by atoms with Crippen LogP contribution in [0.3, 0.4) is 0 Å². The van der Waals surface area contributed by atoms with Crippen molar-refractivity contribution >= 4 is 23.6 Å². The van der Waals surface area contributed by atoms with E-state index in [-0.39, 0.29) is 24.1 Å². The first kappa shape index (κ1) is 13.9. The molecule has 1 aliphatic rings. The Labute approximate surface area is 115 Å². The molecule has 0 aromatic carbocycles. The van der Waals surface area contributed by atoms with Gasteiger partial charge in [0.25, 0.3) is 0 Å². The van der Waals surface area contributed by atoms with Gasteiger partial charge in [0.2, 0.25) is 5.91 Å². The molecule has 8 heteroatoms. The van der Waals surface area contributed by atoms with E-state index in [1.54, 1.807) is 6.33 Å². The van der Waals surface area contributed by atoms with Gasteiger partial charge in [-0.05, 0) is 12.8 Å². The van der Waals surface area contributed by atoms with E-state index >= 15 is 0 Å². The van der Waals surface area contributed by atoms with E-state index in [1.165, 1.54) is 18.9 Å². The van der Waals surface area contributed by atoms with E-state index in [0.29, 0.717) is 12.6 Å². The van der Waals surface area contributed by atoms with Crippen molar-refractivity contribution in [2.24, 2.45) is 0 Å². The molecule has 1 fully saturated rings. The molecule has 1 heterocycles. The van der Waals surface area contributed by atoms with Crippen molar-refractivity contribution in [1.82, 2.24) is 20.1 Å². The van der Waals surface area contributed by atoms with Crippen molar-refractivity contribution in [2.45, 2.75) is 30.5 Å². The highest BCUT2D eigenvalue weighted by Crippen LogP contribution is 2.37. The molecule has 0 aliphatic heterocycles. The van der Waals surface area contributed by atoms with Crippen LogP contribution in [0.25, 0.3) is 0 Å². The molecule has 104 valence electrons. The normalized spacial score (nSPS) is 14.2. The van der Waals surface area contributed by atoms with E-state index in [2.05, 4.69) is 20.3 Å². The molecule has 2 rings (SSSR count). The van der Waals surface area contributed by atoms with Crippen molar-refractivity contribution in [3.63, 3.8) is 0 Å². The monoisotopic (exact) mass is 284 g/mol. The fourth-order valence-corrected chi connectivity index (χ4v) is 2.34. The maximum absolute atomic E-state index is 11.6. The Morgan fingerprint density at radius 3 is 3.05 bits per heavy atom. The molecule has 0 spiro atoms. The summed E-state index contributed by atoms with van der Waals surface area (Å²) >= 11 is 1.36. The minimum Gasteiger partial charge on any atom is -0.469 e. The highest BCUT2D eigenvalue weighted by atomic mass is 32.2. The highest BCUT2D eigenvalue weighted by Gasteiger charge is 2.26. The van der Waals surface area contributed by atoms with Crippen LogP contribution in [0.1, 0.15) is 25.3 Å². The van der Waals surface area contributed by atoms with Crippen LogP contribution in [0.15, 0.2) is 11.5 Å². The number of rotatable bonds is 7. The number of esters is 1. The molecule has 1 saturated carbocycles. The van der Waals surface area contributed by atoms with Crippen LogP contribution < -0.4 is 5.32 Å². The number of carbonyl (C=O) groups is 2. The summed E-state index contributed by atoms with van der Waals surface area (Å²) in [5.74, 6) is -0.187. The first-order valence-electron chi connectivity index (χ1n) is 6.06. The van der Waals surface area contributed by atoms with Crippen molar-refractivity contribution in [3.8, 4) is 0 Å². The molecule has 0 bridgehead atoms. The van der Waals surface area contributed by atoms with E-state index < -0.39 is 0 Å². The van der Waals surface area contributed by atoms with Crippen molar-refractivity contribution in [2.75, 3.05) is 19.4 Å². The number of hydrogen-bond acceptors (Lipinski definition) is 6. The zero-order valence-corrected chi connectivity index (χ0v) is 11.5. The second kappa shape index (κ2) is 6.55. The van der Waals surface area contributed by atoms with E-state index in [0.717, 1.165) is 18.0 Å². The molecule has 0 unspecified atom stereocenters. The minimum atomic E-state index is -0.332. The van der Waals surface area contributed by atoms with Gasteiger partial charge in [-0.3, -0.25) is 9.59 Å². The summed E-state index contributed by atoms with van der Waals surface area (Å²) in [4.78, 5) is 22.4. The third-order valence-electron chi connectivity index (χ3n) is 2.69. The number of amides is 1. The number of methoxy groups -OCH3 is 1. The van der Waals surface area contributed by atoms with E-state index in [4.69, 9.17) is 0 Å². The lowest BCUT2D eigenvalue weighted by atomic mass is 10.4. The fraction of sp³-hybridized carbons (Fsp3) is 0.636. The molecule has 19 heavy (non-hydrogen) atoms. The van der Waals surface area contributed by atoms with Gasteiger partial charge in [-0.15, -0.1) is 10.2 Å². The molecule has 1 aromatic rings. The van der Waals surface area contributed by atoms with Gasteiger partial charge in [0, 0.05) is 12.6 Å². The highest BCUT2D eigenvalue weighted by molar-refractivity contribution is 7.99. The Morgan fingerprint density at radius 2 is 2.37 bits per heavy atom. The van der Waals surface area contributed by atoms with Gasteiger partial charge in [0.1, 0.15) is 6.33 Å². The van der Waals surface area contributed by atoms with Crippen LogP contribution in [0, 0.1) is 0 Å². The predicted octanol–water partition coefficient (Wildman–Crippen LogP) is 0.384. The molecule has 0 radical (unpaired) electrons. The van der Waals surface area contributed by atoms with Crippen LogP contribution in [0.2, 0.25) is 0 Å². The number of aromatic nitrogens is 3. The summed E-state index contributed by atoms with van der Waals surface area (Å²) in [7, 11) is 1.32. The lowest BCUT2D eigenvalue weighted by Crippen LogP contribution is -2.27. The van der Waals surface area contributed by atoms with Crippen molar-refractivity contribution in [3.05, 3.63) is 6.33 Å². The topological polar surface area (TPSA) is 86.1 Å². The maximum atomic E-state index is 11.6. The van der Waals surface area contributed by atoms with Gasteiger partial charge < -0.3 is 14.6 Å². The Bertz CT molecular complexity index is 459. The van der Waals surface area contributed by atoms with Crippen LogP contribution in [0.4, 0.5) is 0 Å². The molecule has 1 amide bonds. The SMILES string of the molecule is COC(=O)CCNC(=O)CSc1nncn1C1CC1. The number of ether oxygens (including phenoxy) is 1. The quantitative estimate of drug-likeness (QED) is 0.575. The first-order valence-corrected chi connectivity index (χ1v) is 7.05. The van der Waals surface area contributed by atoms with Gasteiger partial charge >= 0.3 is 5.97 Å². The lowest BCUT2D eigenvalue weighted by Gasteiger charge is -2.05. The number of hydrogen-bond donors (Lipinski definition) is 1. The fourth-order valence-electron chi connectivity index (χ4n) is 1.53. The number of carbonyl (C=O) groups excluding carboxylic acids is 2. The summed E-state index contributed by atoms with van der Waals surface area (Å²) in [5.41, 5.74) is 0. The van der Waals surface area contributed by atoms with E-state index in [9.17, 15) is 9.59 Å². The summed E-state index contributed by atoms with van der Waals surface area (Å²) < 4.78 is 6.49. The standard InChI is InChI=1S/C11H16N4O3S/c1-18-10(17)4-5-12-9(16)6-19-11-14-13-7-15(11)8-2-3-8/h7-8H,2-6H2,1H3,(H,12,16). The Balaban J connectivity index is 1.68. The van der Waals surface area contributed by atoms with Gasteiger partial charge in [-0.1, -0.05) is 11.8 Å². The minimum absolute atomic E-state index is 0.126. The smallest absolute Gasteiger partial charge is 0.307 e. The van der Waals surface area contributed by atoms with Gasteiger partial charge in [0.15, 0.2) is 5.16 Å². The van der Waals surface area contributed by atoms with Crippen LogP contribution in [-0.4, -0.2) is 46.0 Å². The number of nitrogens with one attached hydrogen (secondary N) is 1. The number of nitrogens with zero attached hydrogens (tertiary/aromatic N) is 3. The maximum Gasteiger partial charge on any atom is 0.307 e. The molecular weight excluding hydrogens is 268 g/mol. The average molecular weight is 284 g/mol. The number of thioether (sulfide) groups is 1. The lowest BCUT2D eigenvalue weighted by molar-refractivity contribution is -0.140. The summed E-state index contributed by atoms with van der Waals surface area (Å²) in [6.07, 6.45) is 4.19. The summed E-state index contributed by atoms with van der Waals surface area (Å²) in [6.45, 7) is 0.293. The zero-order valence-electron chi connectivity index (χ0n) is 10.7. The van der Waals surface area contributed by atoms with Crippen LogP contribution >= 0.6 is 11.8 Å². The zero-order chi connectivity index (χ0) is 13.7. The van der Waals surface area contributed by atoms with Crippen LogP contribution in [-0.2, 0) is 14.3 Å². The van der Waals surface area contributed by atoms with Crippen molar-refractivity contribution in [1.29, 1.82) is 0 Å². The largest absolute Gasteiger partial charge is 0.469 e. The Morgan fingerprint density at radius 1 is 1.58 bits per heavy atom. The van der Waals surface area contributed by atoms with Crippen molar-refractivity contribution < 1.29 is 14.3 Å². The molecule has 1 aliphatic carbocycles. The second-order valence-corrected chi connectivity index (χ2v) is 5.16. The molecule has 1 N–H and O–H groups in total. The van der Waals surface area contributed by atoms with Gasteiger partial charge in [-0.25, -0.2) is 0 Å². The van der Waals surface area contributed by atoms with Gasteiger partial charge in [-0.2, -0.15) is 0 Å². The third kappa shape index (κ3) is 4.23. The molecule has 0 saturated heterocycles. The average Bonchev–Trinajstić information content (AvgIpc) is 3.15. The first-order chi connectivity index (χ1) is 9.20.